The van der Waals surface area contributed by atoms with Crippen molar-refractivity contribution in [3.8, 4) is 11.5 Å². The van der Waals surface area contributed by atoms with Crippen LogP contribution < -0.4 is 9.26 Å². The SMILES string of the molecule is CCC1(COC(C)(C)PC(C)(C)Oc2ccc(OP(O)C(C)(C)OCC3(CC)CCOC3)cc2)COC1. The predicted octanol–water partition coefficient (Wildman–Crippen LogP) is 6.91. The van der Waals surface area contributed by atoms with Crippen LogP contribution >= 0.6 is 17.0 Å². The Kier molecular flexibility index (Phi) is 10.3. The third kappa shape index (κ3) is 8.73. The van der Waals surface area contributed by atoms with Gasteiger partial charge in [-0.05, 0) is 93.7 Å². The molecule has 0 saturated carbocycles. The maximum absolute atomic E-state index is 10.8. The average molecular weight is 559 g/mol. The van der Waals surface area contributed by atoms with Crippen molar-refractivity contribution in [1.82, 2.24) is 0 Å². The summed E-state index contributed by atoms with van der Waals surface area (Å²) in [4.78, 5) is 10.8. The Bertz CT molecular complexity index is 841. The zero-order valence-corrected chi connectivity index (χ0v) is 25.9. The van der Waals surface area contributed by atoms with Crippen molar-refractivity contribution in [2.45, 2.75) is 90.7 Å². The zero-order valence-electron chi connectivity index (χ0n) is 24.0. The van der Waals surface area contributed by atoms with Gasteiger partial charge in [-0.2, -0.15) is 0 Å². The summed E-state index contributed by atoms with van der Waals surface area (Å²) in [5.41, 5.74) is 0.194. The fraction of sp³-hybridized carbons (Fsp3) is 0.786. The van der Waals surface area contributed by atoms with E-state index in [1.54, 1.807) is 0 Å². The zero-order chi connectivity index (χ0) is 27.4. The molecule has 37 heavy (non-hydrogen) atoms. The lowest BCUT2D eigenvalue weighted by Crippen LogP contribution is -2.47. The van der Waals surface area contributed by atoms with Gasteiger partial charge in [0.05, 0.1) is 38.4 Å². The maximum atomic E-state index is 10.8. The summed E-state index contributed by atoms with van der Waals surface area (Å²) in [6, 6.07) is 7.42. The van der Waals surface area contributed by atoms with Crippen molar-refractivity contribution < 1.29 is 33.1 Å². The van der Waals surface area contributed by atoms with E-state index in [2.05, 4.69) is 41.5 Å². The van der Waals surface area contributed by atoms with Crippen LogP contribution in [0.3, 0.4) is 0 Å². The van der Waals surface area contributed by atoms with Crippen LogP contribution in [-0.4, -0.2) is 60.6 Å². The highest BCUT2D eigenvalue weighted by atomic mass is 31.2. The van der Waals surface area contributed by atoms with E-state index in [1.807, 2.05) is 38.1 Å². The second kappa shape index (κ2) is 12.3. The number of rotatable bonds is 15. The molecule has 0 aromatic heterocycles. The van der Waals surface area contributed by atoms with Crippen molar-refractivity contribution >= 4 is 17.0 Å². The topological polar surface area (TPSA) is 75.6 Å². The molecule has 2 fully saturated rings. The molecule has 2 aliphatic heterocycles. The highest BCUT2D eigenvalue weighted by Gasteiger charge is 2.41. The van der Waals surface area contributed by atoms with Crippen LogP contribution in [0.25, 0.3) is 0 Å². The summed E-state index contributed by atoms with van der Waals surface area (Å²) in [7, 11) is -1.41. The van der Waals surface area contributed by atoms with Crippen LogP contribution in [0.4, 0.5) is 0 Å². The van der Waals surface area contributed by atoms with Gasteiger partial charge in [0, 0.05) is 17.4 Å². The monoisotopic (exact) mass is 558 g/mol. The minimum atomic E-state index is -1.84. The quantitative estimate of drug-likeness (QED) is 0.234. The average Bonchev–Trinajstić information content (AvgIpc) is 3.27. The summed E-state index contributed by atoms with van der Waals surface area (Å²) < 4.78 is 35.8. The molecule has 0 aliphatic carbocycles. The second-order valence-electron chi connectivity index (χ2n) is 12.1. The number of hydrogen-bond donors (Lipinski definition) is 1. The highest BCUT2D eigenvalue weighted by Crippen LogP contribution is 2.50. The molecule has 1 aromatic carbocycles. The molecule has 0 bridgehead atoms. The Balaban J connectivity index is 1.50. The Morgan fingerprint density at radius 3 is 1.92 bits per heavy atom. The second-order valence-corrected chi connectivity index (χ2v) is 16.6. The molecule has 3 atom stereocenters. The first kappa shape index (κ1) is 31.0. The first-order valence-electron chi connectivity index (χ1n) is 13.4. The molecule has 7 nitrogen and oxygen atoms in total. The Morgan fingerprint density at radius 1 is 0.838 bits per heavy atom. The van der Waals surface area contributed by atoms with E-state index in [9.17, 15) is 4.89 Å². The molecule has 2 saturated heterocycles. The van der Waals surface area contributed by atoms with Crippen LogP contribution in [0.5, 0.6) is 11.5 Å². The number of benzene rings is 1. The van der Waals surface area contributed by atoms with Crippen LogP contribution in [0, 0.1) is 10.8 Å². The van der Waals surface area contributed by atoms with Gasteiger partial charge in [-0.15, -0.1) is 0 Å². The molecular formula is C28H48O7P2. The van der Waals surface area contributed by atoms with E-state index in [0.29, 0.717) is 34.2 Å². The van der Waals surface area contributed by atoms with Crippen molar-refractivity contribution in [2.24, 2.45) is 10.8 Å². The van der Waals surface area contributed by atoms with Crippen molar-refractivity contribution in [3.05, 3.63) is 24.3 Å². The lowest BCUT2D eigenvalue weighted by atomic mass is 9.84. The van der Waals surface area contributed by atoms with Gasteiger partial charge in [0.1, 0.15) is 22.2 Å². The molecule has 3 unspecified atom stereocenters. The summed E-state index contributed by atoms with van der Waals surface area (Å²) >= 11 is 0. The predicted molar refractivity (Wildman–Crippen MR) is 151 cm³/mol. The van der Waals surface area contributed by atoms with Crippen molar-refractivity contribution in [1.29, 1.82) is 0 Å². The first-order chi connectivity index (χ1) is 17.2. The molecule has 0 amide bonds. The van der Waals surface area contributed by atoms with Gasteiger partial charge in [0.15, 0.2) is 0 Å². The van der Waals surface area contributed by atoms with E-state index in [1.165, 1.54) is 0 Å². The molecule has 2 heterocycles. The summed E-state index contributed by atoms with van der Waals surface area (Å²) in [6.07, 6.45) is 3.04. The molecule has 9 heteroatoms. The van der Waals surface area contributed by atoms with E-state index in [0.717, 1.165) is 44.8 Å². The molecule has 1 N–H and O–H groups in total. The lowest BCUT2D eigenvalue weighted by Gasteiger charge is -2.43. The molecule has 0 radical (unpaired) electrons. The van der Waals surface area contributed by atoms with Gasteiger partial charge in [0.2, 0.25) is 0 Å². The minimum absolute atomic E-state index is 0.0303. The molecule has 212 valence electrons. The van der Waals surface area contributed by atoms with Crippen LogP contribution in [0.1, 0.15) is 74.7 Å². The minimum Gasteiger partial charge on any atom is -0.484 e. The smallest absolute Gasteiger partial charge is 0.261 e. The van der Waals surface area contributed by atoms with E-state index in [4.69, 9.17) is 28.2 Å². The normalized spacial score (nSPS) is 23.3. The van der Waals surface area contributed by atoms with E-state index < -0.39 is 19.1 Å². The van der Waals surface area contributed by atoms with Gasteiger partial charge in [-0.25, -0.2) is 0 Å². The Hall–Kier alpha value is -0.520. The first-order valence-corrected chi connectivity index (χ1v) is 15.6. The van der Waals surface area contributed by atoms with Crippen LogP contribution in [0.2, 0.25) is 0 Å². The summed E-state index contributed by atoms with van der Waals surface area (Å²) in [5.74, 6) is 1.34. The molecule has 0 spiro atoms. The maximum Gasteiger partial charge on any atom is 0.261 e. The van der Waals surface area contributed by atoms with Crippen molar-refractivity contribution in [3.63, 3.8) is 0 Å². The van der Waals surface area contributed by atoms with Crippen LogP contribution in [-0.2, 0) is 18.9 Å². The van der Waals surface area contributed by atoms with E-state index in [-0.39, 0.29) is 16.2 Å². The van der Waals surface area contributed by atoms with Gasteiger partial charge in [0.25, 0.3) is 8.38 Å². The molecule has 2 aliphatic rings. The standard InChI is InChI=1S/C28H48O7P2/c1-9-27(15-16-30-17-27)20-33-26(7,8)37(29)35-23-13-11-22(12-14-23)34-25(5,6)36-24(3,4)32-21-28(10-2)18-31-19-28/h11-14,29,36H,9-10,15-21H2,1-8H3. The largest absolute Gasteiger partial charge is 0.484 e. The highest BCUT2D eigenvalue weighted by molar-refractivity contribution is 7.48. The van der Waals surface area contributed by atoms with Gasteiger partial charge >= 0.3 is 0 Å². The molecule has 1 aromatic rings. The Morgan fingerprint density at radius 2 is 1.41 bits per heavy atom. The number of hydrogen-bond acceptors (Lipinski definition) is 7. The fourth-order valence-corrected chi connectivity index (χ4v) is 6.98. The fourth-order valence-electron chi connectivity index (χ4n) is 4.50. The number of ether oxygens (including phenoxy) is 5. The summed E-state index contributed by atoms with van der Waals surface area (Å²) in [5, 5.41) is -1.50. The lowest BCUT2D eigenvalue weighted by molar-refractivity contribution is -0.162. The van der Waals surface area contributed by atoms with Crippen molar-refractivity contribution in [2.75, 3.05) is 39.6 Å². The van der Waals surface area contributed by atoms with Gasteiger partial charge < -0.3 is 33.1 Å². The van der Waals surface area contributed by atoms with Gasteiger partial charge in [-0.1, -0.05) is 13.8 Å². The molecular weight excluding hydrogens is 510 g/mol. The van der Waals surface area contributed by atoms with Crippen LogP contribution in [0.15, 0.2) is 24.3 Å². The van der Waals surface area contributed by atoms with Gasteiger partial charge in [-0.3, -0.25) is 0 Å². The Labute approximate surface area is 227 Å². The third-order valence-corrected chi connectivity index (χ3v) is 10.3. The van der Waals surface area contributed by atoms with E-state index >= 15 is 0 Å². The summed E-state index contributed by atoms with van der Waals surface area (Å²) in [6.45, 7) is 20.9. The molecule has 3 rings (SSSR count). The third-order valence-electron chi connectivity index (χ3n) is 7.42.